The minimum atomic E-state index is -2.90. The first kappa shape index (κ1) is 16.2. The van der Waals surface area contributed by atoms with Crippen molar-refractivity contribution >= 4 is 22.9 Å². The van der Waals surface area contributed by atoms with Crippen LogP contribution in [0.1, 0.15) is 17.2 Å². The summed E-state index contributed by atoms with van der Waals surface area (Å²) in [6, 6.07) is 6.47. The highest BCUT2D eigenvalue weighted by atomic mass is 35.5. The molecule has 0 fully saturated rings. The topological polar surface area (TPSA) is 41.5 Å². The first-order chi connectivity index (χ1) is 10.1. The van der Waals surface area contributed by atoms with Crippen LogP contribution in [0, 0.1) is 0 Å². The van der Waals surface area contributed by atoms with Crippen molar-refractivity contribution in [1.29, 1.82) is 0 Å². The normalized spacial score (nSPS) is 12.6. The molecule has 3 nitrogen and oxygen atoms in total. The highest BCUT2D eigenvalue weighted by Crippen LogP contribution is 2.27. The Morgan fingerprint density at radius 3 is 2.76 bits per heavy atom. The molecule has 7 heteroatoms. The van der Waals surface area contributed by atoms with Crippen molar-refractivity contribution in [3.8, 4) is 5.75 Å². The van der Waals surface area contributed by atoms with Crippen molar-refractivity contribution < 1.29 is 18.6 Å². The van der Waals surface area contributed by atoms with Crippen LogP contribution < -0.4 is 10.1 Å². The van der Waals surface area contributed by atoms with Crippen molar-refractivity contribution in [3.63, 3.8) is 0 Å². The van der Waals surface area contributed by atoms with Gasteiger partial charge in [0.25, 0.3) is 0 Å². The molecule has 1 aromatic carbocycles. The van der Waals surface area contributed by atoms with Gasteiger partial charge in [0.1, 0.15) is 5.75 Å². The van der Waals surface area contributed by atoms with Crippen LogP contribution >= 0.6 is 22.9 Å². The molecule has 0 amide bonds. The van der Waals surface area contributed by atoms with Crippen molar-refractivity contribution in [1.82, 2.24) is 5.32 Å². The number of thiophene rings is 1. The number of benzene rings is 1. The van der Waals surface area contributed by atoms with Crippen LogP contribution in [0.15, 0.2) is 35.0 Å². The molecule has 0 radical (unpaired) electrons. The number of hydrogen-bond acceptors (Lipinski definition) is 4. The lowest BCUT2D eigenvalue weighted by Gasteiger charge is -2.12. The largest absolute Gasteiger partial charge is 0.433 e. The van der Waals surface area contributed by atoms with Crippen LogP contribution in [0.2, 0.25) is 5.02 Å². The summed E-state index contributed by atoms with van der Waals surface area (Å²) in [6.07, 6.45) is -0.576. The van der Waals surface area contributed by atoms with E-state index in [-0.39, 0.29) is 10.8 Å². The Bertz CT molecular complexity index is 566. The Kier molecular flexibility index (Phi) is 5.93. The fourth-order valence-electron chi connectivity index (χ4n) is 1.78. The number of nitrogens with one attached hydrogen (secondary N) is 1. The average Bonchev–Trinajstić information content (AvgIpc) is 2.95. The number of alkyl halides is 2. The van der Waals surface area contributed by atoms with Crippen LogP contribution in [0.3, 0.4) is 0 Å². The zero-order valence-corrected chi connectivity index (χ0v) is 12.5. The lowest BCUT2D eigenvalue weighted by atomic mass is 10.2. The van der Waals surface area contributed by atoms with E-state index in [0.29, 0.717) is 13.1 Å². The van der Waals surface area contributed by atoms with Gasteiger partial charge in [-0.25, -0.2) is 0 Å². The maximum absolute atomic E-state index is 12.1. The summed E-state index contributed by atoms with van der Waals surface area (Å²) in [4.78, 5) is 0. The van der Waals surface area contributed by atoms with Gasteiger partial charge in [0.15, 0.2) is 0 Å². The molecule has 0 spiro atoms. The van der Waals surface area contributed by atoms with Crippen molar-refractivity contribution in [3.05, 3.63) is 51.2 Å². The molecule has 2 rings (SSSR count). The van der Waals surface area contributed by atoms with E-state index in [2.05, 4.69) is 10.1 Å². The minimum absolute atomic E-state index is 0.0475. The minimum Gasteiger partial charge on any atom is -0.433 e. The predicted molar refractivity (Wildman–Crippen MR) is 79.1 cm³/mol. The molecule has 0 saturated carbocycles. The van der Waals surface area contributed by atoms with E-state index in [9.17, 15) is 13.9 Å². The van der Waals surface area contributed by atoms with E-state index in [1.54, 1.807) is 12.1 Å². The summed E-state index contributed by atoms with van der Waals surface area (Å²) in [5.41, 5.74) is 1.69. The summed E-state index contributed by atoms with van der Waals surface area (Å²) in [5.74, 6) is -0.0475. The first-order valence-electron chi connectivity index (χ1n) is 6.20. The summed E-state index contributed by atoms with van der Waals surface area (Å²) in [7, 11) is 0. The van der Waals surface area contributed by atoms with Crippen molar-refractivity contribution in [2.45, 2.75) is 19.3 Å². The quantitative estimate of drug-likeness (QED) is 0.809. The number of hydrogen-bond donors (Lipinski definition) is 2. The monoisotopic (exact) mass is 333 g/mol. The molecule has 1 aromatic heterocycles. The molecule has 0 aliphatic carbocycles. The average molecular weight is 334 g/mol. The number of rotatable bonds is 7. The van der Waals surface area contributed by atoms with Crippen LogP contribution in [-0.4, -0.2) is 18.3 Å². The van der Waals surface area contributed by atoms with Crippen LogP contribution in [0.25, 0.3) is 0 Å². The van der Waals surface area contributed by atoms with Crippen LogP contribution in [-0.2, 0) is 6.54 Å². The fraction of sp³-hybridized carbons (Fsp3) is 0.286. The standard InChI is InChI=1S/C14H14ClF2NO2S/c15-11-5-9(1-2-13(11)20-14(16)17)6-18-7-12(19)10-3-4-21-8-10/h1-5,8,12,14,18-19H,6-7H2. The molecule has 0 bridgehead atoms. The highest BCUT2D eigenvalue weighted by Gasteiger charge is 2.10. The van der Waals surface area contributed by atoms with Crippen molar-refractivity contribution in [2.24, 2.45) is 0 Å². The third-order valence-corrected chi connectivity index (χ3v) is 3.80. The molecule has 1 unspecified atom stereocenters. The molecule has 0 saturated heterocycles. The molecule has 1 heterocycles. The van der Waals surface area contributed by atoms with E-state index in [4.69, 9.17) is 11.6 Å². The lowest BCUT2D eigenvalue weighted by Crippen LogP contribution is -2.20. The van der Waals surface area contributed by atoms with Crippen molar-refractivity contribution in [2.75, 3.05) is 6.54 Å². The Balaban J connectivity index is 1.85. The second kappa shape index (κ2) is 7.70. The summed E-state index contributed by atoms with van der Waals surface area (Å²) >= 11 is 7.39. The maximum atomic E-state index is 12.1. The summed E-state index contributed by atoms with van der Waals surface area (Å²) < 4.78 is 28.5. The SMILES string of the molecule is OC(CNCc1ccc(OC(F)F)c(Cl)c1)c1ccsc1. The van der Waals surface area contributed by atoms with Gasteiger partial charge < -0.3 is 15.2 Å². The predicted octanol–water partition coefficient (Wildman–Crippen LogP) is 3.83. The first-order valence-corrected chi connectivity index (χ1v) is 7.52. The third kappa shape index (κ3) is 4.93. The molecule has 2 N–H and O–H groups in total. The molecule has 21 heavy (non-hydrogen) atoms. The van der Waals surface area contributed by atoms with E-state index >= 15 is 0 Å². The Morgan fingerprint density at radius 1 is 1.33 bits per heavy atom. The second-order valence-corrected chi connectivity index (χ2v) is 5.53. The van der Waals surface area contributed by atoms with Gasteiger partial charge >= 0.3 is 6.61 Å². The van der Waals surface area contributed by atoms with E-state index in [1.165, 1.54) is 17.4 Å². The van der Waals surface area contributed by atoms with Gasteiger partial charge in [-0.15, -0.1) is 0 Å². The number of ether oxygens (including phenoxy) is 1. The molecule has 0 aliphatic heterocycles. The molecule has 114 valence electrons. The van der Waals surface area contributed by atoms with Gasteiger partial charge in [0.05, 0.1) is 11.1 Å². The molecule has 0 aliphatic rings. The Hall–Kier alpha value is -1.21. The smallest absolute Gasteiger partial charge is 0.387 e. The number of aliphatic hydroxyl groups excluding tert-OH is 1. The molecule has 2 aromatic rings. The number of halogens is 3. The fourth-order valence-corrected chi connectivity index (χ4v) is 2.74. The van der Waals surface area contributed by atoms with Crippen LogP contribution in [0.5, 0.6) is 5.75 Å². The van der Waals surface area contributed by atoms with Crippen LogP contribution in [0.4, 0.5) is 8.78 Å². The summed E-state index contributed by atoms with van der Waals surface area (Å²) in [5, 5.41) is 16.9. The second-order valence-electron chi connectivity index (χ2n) is 4.35. The van der Waals surface area contributed by atoms with Gasteiger partial charge in [-0.05, 0) is 40.1 Å². The highest BCUT2D eigenvalue weighted by molar-refractivity contribution is 7.07. The van der Waals surface area contributed by atoms with Gasteiger partial charge in [-0.1, -0.05) is 17.7 Å². The van der Waals surface area contributed by atoms with Gasteiger partial charge in [-0.2, -0.15) is 20.1 Å². The zero-order chi connectivity index (χ0) is 15.2. The van der Waals surface area contributed by atoms with E-state index in [1.807, 2.05) is 16.8 Å². The zero-order valence-electron chi connectivity index (χ0n) is 10.9. The van der Waals surface area contributed by atoms with E-state index < -0.39 is 12.7 Å². The number of aliphatic hydroxyl groups is 1. The van der Waals surface area contributed by atoms with E-state index in [0.717, 1.165) is 11.1 Å². The van der Waals surface area contributed by atoms with Gasteiger partial charge in [0, 0.05) is 13.1 Å². The van der Waals surface area contributed by atoms with Gasteiger partial charge in [0.2, 0.25) is 0 Å². The summed E-state index contributed by atoms with van der Waals surface area (Å²) in [6.45, 7) is -2.04. The maximum Gasteiger partial charge on any atom is 0.387 e. The molecular formula is C14H14ClF2NO2S. The third-order valence-electron chi connectivity index (χ3n) is 2.81. The Morgan fingerprint density at radius 2 is 2.14 bits per heavy atom. The lowest BCUT2D eigenvalue weighted by molar-refractivity contribution is -0.0497. The Labute approximate surface area is 130 Å². The molecular weight excluding hydrogens is 320 g/mol. The molecule has 1 atom stereocenters. The van der Waals surface area contributed by atoms with Gasteiger partial charge in [-0.3, -0.25) is 0 Å².